The Labute approximate surface area is 126 Å². The monoisotopic (exact) mass is 330 g/mol. The molecule has 2 rings (SSSR count). The number of hydrogen-bond acceptors (Lipinski definition) is 4. The van der Waals surface area contributed by atoms with E-state index in [2.05, 4.69) is 4.72 Å². The van der Waals surface area contributed by atoms with E-state index in [4.69, 9.17) is 17.3 Å². The topological polar surface area (TPSA) is 92.4 Å². The average Bonchev–Trinajstić information content (AvgIpc) is 2.37. The predicted octanol–water partition coefficient (Wildman–Crippen LogP) is 2.88. The lowest BCUT2D eigenvalue weighted by atomic mass is 10.2. The van der Waals surface area contributed by atoms with E-state index in [-0.39, 0.29) is 22.1 Å². The number of nitrogen functional groups attached to an aromatic ring is 1. The number of phenolic OH excluding ortho intramolecular Hbond substituents is 1. The van der Waals surface area contributed by atoms with Crippen molar-refractivity contribution in [2.75, 3.05) is 10.5 Å². The zero-order chi connectivity index (χ0) is 15.8. The summed E-state index contributed by atoms with van der Waals surface area (Å²) in [5.41, 5.74) is 5.67. The van der Waals surface area contributed by atoms with Crippen LogP contribution in [0.1, 0.15) is 5.56 Å². The molecule has 112 valence electrons. The van der Waals surface area contributed by atoms with Gasteiger partial charge in [-0.05, 0) is 30.7 Å². The van der Waals surface area contributed by atoms with Crippen LogP contribution in [-0.4, -0.2) is 13.5 Å². The van der Waals surface area contributed by atoms with Gasteiger partial charge in [-0.15, -0.1) is 0 Å². The summed E-state index contributed by atoms with van der Waals surface area (Å²) in [7, 11) is -4.22. The van der Waals surface area contributed by atoms with Gasteiger partial charge in [-0.2, -0.15) is 0 Å². The zero-order valence-electron chi connectivity index (χ0n) is 10.9. The van der Waals surface area contributed by atoms with E-state index in [9.17, 15) is 17.9 Å². The van der Waals surface area contributed by atoms with Crippen molar-refractivity contribution < 1.29 is 17.9 Å². The quantitative estimate of drug-likeness (QED) is 0.754. The van der Waals surface area contributed by atoms with E-state index in [1.54, 1.807) is 6.92 Å². The van der Waals surface area contributed by atoms with Crippen molar-refractivity contribution in [3.8, 4) is 5.75 Å². The third kappa shape index (κ3) is 3.20. The number of benzene rings is 2. The van der Waals surface area contributed by atoms with Crippen LogP contribution < -0.4 is 10.5 Å². The molecule has 0 saturated heterocycles. The molecule has 21 heavy (non-hydrogen) atoms. The Bertz CT molecular complexity index is 809. The van der Waals surface area contributed by atoms with Gasteiger partial charge in [0.25, 0.3) is 10.0 Å². The van der Waals surface area contributed by atoms with E-state index >= 15 is 0 Å². The highest BCUT2D eigenvalue weighted by molar-refractivity contribution is 7.92. The summed E-state index contributed by atoms with van der Waals surface area (Å²) in [5, 5.41) is 9.56. The Morgan fingerprint density at radius 3 is 2.57 bits per heavy atom. The first-order valence-electron chi connectivity index (χ1n) is 5.77. The lowest BCUT2D eigenvalue weighted by Crippen LogP contribution is -2.15. The van der Waals surface area contributed by atoms with E-state index in [0.717, 1.165) is 12.1 Å². The molecule has 0 heterocycles. The van der Waals surface area contributed by atoms with Crippen molar-refractivity contribution in [1.82, 2.24) is 0 Å². The molecule has 0 aromatic heterocycles. The largest absolute Gasteiger partial charge is 0.508 e. The maximum absolute atomic E-state index is 13.9. The number of nitrogens with one attached hydrogen (secondary N) is 1. The Morgan fingerprint density at radius 2 is 1.95 bits per heavy atom. The van der Waals surface area contributed by atoms with Crippen LogP contribution >= 0.6 is 11.6 Å². The van der Waals surface area contributed by atoms with Crippen LogP contribution in [0, 0.1) is 12.7 Å². The first-order valence-corrected chi connectivity index (χ1v) is 7.64. The minimum absolute atomic E-state index is 0.000952. The van der Waals surface area contributed by atoms with Gasteiger partial charge in [-0.1, -0.05) is 17.7 Å². The zero-order valence-corrected chi connectivity index (χ0v) is 12.5. The fraction of sp³-hybridized carbons (Fsp3) is 0.0769. The van der Waals surface area contributed by atoms with Gasteiger partial charge in [0.15, 0.2) is 5.82 Å². The number of aromatic hydroxyl groups is 1. The molecular formula is C13H12ClFN2O3S. The molecule has 0 spiro atoms. The summed E-state index contributed by atoms with van der Waals surface area (Å²) in [5.74, 6) is -1.16. The van der Waals surface area contributed by atoms with Crippen molar-refractivity contribution in [3.05, 3.63) is 46.7 Å². The molecule has 5 nitrogen and oxygen atoms in total. The fourth-order valence-electron chi connectivity index (χ4n) is 1.66. The van der Waals surface area contributed by atoms with Crippen molar-refractivity contribution in [2.45, 2.75) is 11.8 Å². The van der Waals surface area contributed by atoms with Crippen molar-refractivity contribution in [3.63, 3.8) is 0 Å². The van der Waals surface area contributed by atoms with E-state index < -0.39 is 20.7 Å². The minimum Gasteiger partial charge on any atom is -0.508 e. The molecule has 0 saturated carbocycles. The molecule has 2 aromatic rings. The second kappa shape index (κ2) is 5.42. The smallest absolute Gasteiger partial charge is 0.264 e. The van der Waals surface area contributed by atoms with Gasteiger partial charge in [0, 0.05) is 11.1 Å². The van der Waals surface area contributed by atoms with Gasteiger partial charge in [-0.25, -0.2) is 12.8 Å². The summed E-state index contributed by atoms with van der Waals surface area (Å²) in [6, 6.07) is 6.27. The molecule has 0 aliphatic heterocycles. The number of rotatable bonds is 3. The maximum atomic E-state index is 13.9. The second-order valence-corrected chi connectivity index (χ2v) is 6.50. The highest BCUT2D eigenvalue weighted by Crippen LogP contribution is 2.28. The Morgan fingerprint density at radius 1 is 1.29 bits per heavy atom. The molecule has 0 aliphatic carbocycles. The Balaban J connectivity index is 2.45. The lowest BCUT2D eigenvalue weighted by Gasteiger charge is -2.11. The van der Waals surface area contributed by atoms with Crippen LogP contribution in [0.5, 0.6) is 5.75 Å². The molecule has 0 fully saturated rings. The second-order valence-electron chi connectivity index (χ2n) is 4.41. The van der Waals surface area contributed by atoms with Gasteiger partial charge in [0.2, 0.25) is 0 Å². The number of phenols is 1. The maximum Gasteiger partial charge on any atom is 0.264 e. The predicted molar refractivity (Wildman–Crippen MR) is 79.5 cm³/mol. The average molecular weight is 331 g/mol. The lowest BCUT2D eigenvalue weighted by molar-refractivity contribution is 0.471. The summed E-state index contributed by atoms with van der Waals surface area (Å²) >= 11 is 5.70. The molecule has 2 aromatic carbocycles. The van der Waals surface area contributed by atoms with Gasteiger partial charge in [0.1, 0.15) is 10.6 Å². The Hall–Kier alpha value is -1.99. The van der Waals surface area contributed by atoms with Crippen molar-refractivity contribution in [1.29, 1.82) is 0 Å². The van der Waals surface area contributed by atoms with Crippen LogP contribution in [0.2, 0.25) is 5.02 Å². The molecule has 0 radical (unpaired) electrons. The van der Waals surface area contributed by atoms with E-state index in [1.165, 1.54) is 18.2 Å². The van der Waals surface area contributed by atoms with Crippen LogP contribution in [0.25, 0.3) is 0 Å². The highest BCUT2D eigenvalue weighted by Gasteiger charge is 2.22. The van der Waals surface area contributed by atoms with Gasteiger partial charge >= 0.3 is 0 Å². The third-order valence-electron chi connectivity index (χ3n) is 2.78. The number of nitrogens with two attached hydrogens (primary N) is 1. The van der Waals surface area contributed by atoms with E-state index in [0.29, 0.717) is 5.56 Å². The SMILES string of the molecule is Cc1ccc(NS(=O)(=O)c2cc(Cl)cc(N)c2F)cc1O. The third-order valence-corrected chi connectivity index (χ3v) is 4.38. The summed E-state index contributed by atoms with van der Waals surface area (Å²) in [4.78, 5) is -0.660. The molecule has 0 atom stereocenters. The van der Waals surface area contributed by atoms with Crippen LogP contribution in [0.3, 0.4) is 0 Å². The molecule has 0 aliphatic rings. The summed E-state index contributed by atoms with van der Waals surface area (Å²) in [6.45, 7) is 1.66. The minimum atomic E-state index is -4.22. The normalized spacial score (nSPS) is 11.4. The van der Waals surface area contributed by atoms with Gasteiger partial charge in [-0.3, -0.25) is 4.72 Å². The van der Waals surface area contributed by atoms with E-state index in [1.807, 2.05) is 0 Å². The number of halogens is 2. The molecule has 0 amide bonds. The number of anilines is 2. The molecule has 4 N–H and O–H groups in total. The first kappa shape index (κ1) is 15.4. The van der Waals surface area contributed by atoms with Gasteiger partial charge < -0.3 is 10.8 Å². The molecule has 0 unspecified atom stereocenters. The summed E-state index contributed by atoms with van der Waals surface area (Å²) in [6.07, 6.45) is 0. The van der Waals surface area contributed by atoms with Crippen molar-refractivity contribution in [2.24, 2.45) is 0 Å². The number of sulfonamides is 1. The number of hydrogen-bond donors (Lipinski definition) is 3. The molecule has 8 heteroatoms. The van der Waals surface area contributed by atoms with Crippen LogP contribution in [0.15, 0.2) is 35.2 Å². The van der Waals surface area contributed by atoms with Crippen LogP contribution in [0.4, 0.5) is 15.8 Å². The standard InChI is InChI=1S/C13H12ClFN2O3S/c1-7-2-3-9(6-11(7)18)17-21(19,20)12-5-8(14)4-10(16)13(12)15/h2-6,17-18H,16H2,1H3. The van der Waals surface area contributed by atoms with Gasteiger partial charge in [0.05, 0.1) is 11.4 Å². The van der Waals surface area contributed by atoms with Crippen LogP contribution in [-0.2, 0) is 10.0 Å². The fourth-order valence-corrected chi connectivity index (χ4v) is 3.14. The summed E-state index contributed by atoms with van der Waals surface area (Å²) < 4.78 is 40.4. The molecular weight excluding hydrogens is 319 g/mol. The Kier molecular flexibility index (Phi) is 3.97. The molecule has 0 bridgehead atoms. The highest BCUT2D eigenvalue weighted by atomic mass is 35.5. The number of aryl methyl sites for hydroxylation is 1. The first-order chi connectivity index (χ1) is 9.70. The van der Waals surface area contributed by atoms with Crippen molar-refractivity contribution >= 4 is 33.0 Å².